The van der Waals surface area contributed by atoms with Crippen molar-refractivity contribution >= 4 is 12.0 Å². The number of amides is 1. The molecule has 0 aliphatic rings. The number of hydrogen-bond donors (Lipinski definition) is 2. The quantitative estimate of drug-likeness (QED) is 0.537. The molecule has 0 spiro atoms. The molecule has 0 radical (unpaired) electrons. The molecule has 0 saturated heterocycles. The number of benzene rings is 2. The van der Waals surface area contributed by atoms with E-state index < -0.39 is 6.10 Å². The third-order valence-electron chi connectivity index (χ3n) is 3.90. The van der Waals surface area contributed by atoms with E-state index in [2.05, 4.69) is 12.0 Å². The Morgan fingerprint density at radius 1 is 1.19 bits per heavy atom. The predicted molar refractivity (Wildman–Crippen MR) is 103 cm³/mol. The van der Waals surface area contributed by atoms with Gasteiger partial charge in [-0.2, -0.15) is 5.43 Å². The number of hydrogen-bond acceptors (Lipinski definition) is 3. The van der Waals surface area contributed by atoms with Crippen LogP contribution >= 0.6 is 0 Å². The van der Waals surface area contributed by atoms with Gasteiger partial charge in [0.15, 0.2) is 0 Å². The minimum Gasteiger partial charge on any atom is -0.385 e. The van der Waals surface area contributed by atoms with Gasteiger partial charge in [0, 0.05) is 5.56 Å². The summed E-state index contributed by atoms with van der Waals surface area (Å²) in [6, 6.07) is 16.9. The van der Waals surface area contributed by atoms with E-state index >= 15 is 0 Å². The topological polar surface area (TPSA) is 58.6 Å². The number of nitrogens with zero attached hydrogens (tertiary/aromatic N) is 1. The Morgan fingerprint density at radius 2 is 1.85 bits per heavy atom. The van der Waals surface area contributed by atoms with Crippen LogP contribution in [0.2, 0.25) is 0 Å². The first-order valence-electron chi connectivity index (χ1n) is 8.57. The van der Waals surface area contributed by atoms with Crippen molar-refractivity contribution in [1.29, 1.82) is 0 Å². The maximum absolute atomic E-state index is 12.2. The molecule has 0 aromatic heterocycles. The second-order valence-electron chi connectivity index (χ2n) is 6.79. The van der Waals surface area contributed by atoms with Crippen LogP contribution in [0, 0.1) is 0 Å². The fraction of sp³-hybridized carbons (Fsp3) is 0.286. The molecule has 1 unspecified atom stereocenters. The van der Waals surface area contributed by atoms with Crippen molar-refractivity contribution < 1.29 is 19.2 Å². The number of likely N-dealkylation sites (N-methyl/N-ethyl adjacent to an activating group) is 1. The second-order valence-corrected chi connectivity index (χ2v) is 6.79. The molecule has 5 nitrogen and oxygen atoms in total. The van der Waals surface area contributed by atoms with E-state index in [9.17, 15) is 9.90 Å². The summed E-state index contributed by atoms with van der Waals surface area (Å²) >= 11 is 0. The lowest BCUT2D eigenvalue weighted by atomic mass is 10.1. The summed E-state index contributed by atoms with van der Waals surface area (Å²) in [5.41, 5.74) is 5.58. The highest BCUT2D eigenvalue weighted by Crippen LogP contribution is 2.07. The predicted octanol–water partition coefficient (Wildman–Crippen LogP) is 2.63. The molecule has 2 N–H and O–H groups in total. The molecular formula is C21H27N2O3+. The van der Waals surface area contributed by atoms with E-state index in [1.807, 2.05) is 56.6 Å². The highest BCUT2D eigenvalue weighted by Gasteiger charge is 2.24. The molecule has 0 aliphatic carbocycles. The van der Waals surface area contributed by atoms with Crippen molar-refractivity contribution in [1.82, 2.24) is 5.43 Å². The van der Waals surface area contributed by atoms with Gasteiger partial charge < -0.3 is 9.84 Å². The number of carbonyl (C=O) groups is 1. The first-order valence-corrected chi connectivity index (χ1v) is 8.57. The van der Waals surface area contributed by atoms with Crippen LogP contribution in [0.4, 0.5) is 0 Å². The van der Waals surface area contributed by atoms with Crippen LogP contribution in [0.25, 0.3) is 6.08 Å². The van der Waals surface area contributed by atoms with E-state index in [0.717, 1.165) is 11.1 Å². The largest absolute Gasteiger partial charge is 0.385 e. The Balaban J connectivity index is 1.77. The molecule has 138 valence electrons. The van der Waals surface area contributed by atoms with Crippen LogP contribution in [-0.2, 0) is 11.3 Å². The lowest BCUT2D eigenvalue weighted by Gasteiger charge is -2.31. The number of rotatable bonds is 9. The Hall–Kier alpha value is -2.47. The van der Waals surface area contributed by atoms with Gasteiger partial charge >= 0.3 is 0 Å². The van der Waals surface area contributed by atoms with Gasteiger partial charge in [0.2, 0.25) is 0 Å². The van der Waals surface area contributed by atoms with Crippen LogP contribution in [-0.4, -0.2) is 49.0 Å². The van der Waals surface area contributed by atoms with Crippen LogP contribution < -0.4 is 5.43 Å². The summed E-state index contributed by atoms with van der Waals surface area (Å²) in [6.07, 6.45) is 1.10. The van der Waals surface area contributed by atoms with Gasteiger partial charge in [-0.3, -0.25) is 4.79 Å². The fourth-order valence-electron chi connectivity index (χ4n) is 2.62. The highest BCUT2D eigenvalue weighted by molar-refractivity contribution is 5.93. The van der Waals surface area contributed by atoms with Gasteiger partial charge in [-0.25, -0.2) is 4.59 Å². The molecule has 5 heteroatoms. The molecule has 2 rings (SSSR count). The van der Waals surface area contributed by atoms with Gasteiger partial charge in [-0.15, -0.1) is 0 Å². The SMILES string of the molecule is C=Cc1ccc(COCC(O)C[N+](C)(C)NC(=O)c2ccccc2)cc1. The van der Waals surface area contributed by atoms with Crippen molar-refractivity contribution in [3.8, 4) is 0 Å². The molecule has 2 aromatic rings. The molecule has 1 amide bonds. The van der Waals surface area contributed by atoms with Crippen LogP contribution in [0.15, 0.2) is 61.2 Å². The first-order chi connectivity index (χ1) is 12.4. The average molecular weight is 355 g/mol. The number of carbonyl (C=O) groups excluding carboxylic acids is 1. The van der Waals surface area contributed by atoms with Crippen molar-refractivity contribution in [2.75, 3.05) is 27.2 Å². The average Bonchev–Trinajstić information content (AvgIpc) is 2.62. The Bertz CT molecular complexity index is 712. The molecule has 0 fully saturated rings. The third kappa shape index (κ3) is 6.44. The number of aliphatic hydroxyl groups is 1. The number of aliphatic hydroxyl groups excluding tert-OH is 1. The van der Waals surface area contributed by atoms with Crippen LogP contribution in [0.5, 0.6) is 0 Å². The highest BCUT2D eigenvalue weighted by atomic mass is 16.5. The zero-order valence-electron chi connectivity index (χ0n) is 15.4. The van der Waals surface area contributed by atoms with E-state index in [0.29, 0.717) is 18.7 Å². The fourth-order valence-corrected chi connectivity index (χ4v) is 2.62. The summed E-state index contributed by atoms with van der Waals surface area (Å²) in [5, 5.41) is 10.2. The molecular weight excluding hydrogens is 328 g/mol. The number of ether oxygens (including phenoxy) is 1. The second kappa shape index (κ2) is 9.29. The summed E-state index contributed by atoms with van der Waals surface area (Å²) in [4.78, 5) is 12.2. The van der Waals surface area contributed by atoms with Crippen molar-refractivity contribution in [2.24, 2.45) is 0 Å². The lowest BCUT2D eigenvalue weighted by Crippen LogP contribution is -2.58. The Morgan fingerprint density at radius 3 is 2.46 bits per heavy atom. The van der Waals surface area contributed by atoms with Gasteiger partial charge in [0.05, 0.1) is 27.3 Å². The van der Waals surface area contributed by atoms with Crippen LogP contribution in [0.3, 0.4) is 0 Å². The lowest BCUT2D eigenvalue weighted by molar-refractivity contribution is -0.927. The summed E-state index contributed by atoms with van der Waals surface area (Å²) in [7, 11) is 3.66. The molecule has 0 saturated carbocycles. The van der Waals surface area contributed by atoms with Gasteiger partial charge in [0.25, 0.3) is 5.91 Å². The first kappa shape index (κ1) is 19.8. The number of nitrogens with one attached hydrogen (secondary N) is 1. The Kier molecular flexibility index (Phi) is 7.09. The molecule has 1 atom stereocenters. The summed E-state index contributed by atoms with van der Waals surface area (Å²) in [6.45, 7) is 4.69. The molecule has 0 aliphatic heterocycles. The van der Waals surface area contributed by atoms with Crippen molar-refractivity contribution in [3.63, 3.8) is 0 Å². The smallest absolute Gasteiger partial charge is 0.295 e. The third-order valence-corrected chi connectivity index (χ3v) is 3.90. The maximum Gasteiger partial charge on any atom is 0.295 e. The van der Waals surface area contributed by atoms with Crippen molar-refractivity contribution in [3.05, 3.63) is 77.9 Å². The standard InChI is InChI=1S/C21H26N2O3/c1-4-17-10-12-18(13-11-17)15-26-16-20(24)14-23(2,3)22-21(25)19-8-6-5-7-9-19/h4-13,20,24H,1,14-16H2,2-3H3/p+1. The van der Waals surface area contributed by atoms with Crippen LogP contribution in [0.1, 0.15) is 21.5 Å². The summed E-state index contributed by atoms with van der Waals surface area (Å²) < 4.78 is 5.75. The van der Waals surface area contributed by atoms with E-state index in [1.54, 1.807) is 18.2 Å². The molecule has 0 heterocycles. The monoisotopic (exact) mass is 355 g/mol. The molecule has 2 aromatic carbocycles. The zero-order chi connectivity index (χ0) is 19.0. The van der Waals surface area contributed by atoms with Gasteiger partial charge in [-0.05, 0) is 23.3 Å². The van der Waals surface area contributed by atoms with E-state index in [4.69, 9.17) is 4.74 Å². The van der Waals surface area contributed by atoms with E-state index in [-0.39, 0.29) is 17.1 Å². The minimum atomic E-state index is -0.687. The molecule has 0 bridgehead atoms. The zero-order valence-corrected chi connectivity index (χ0v) is 15.4. The summed E-state index contributed by atoms with van der Waals surface area (Å²) in [5.74, 6) is -0.175. The minimum absolute atomic E-state index is 0.159. The normalized spacial score (nSPS) is 12.4. The Labute approximate surface area is 155 Å². The molecule has 26 heavy (non-hydrogen) atoms. The van der Waals surface area contributed by atoms with Gasteiger partial charge in [0.1, 0.15) is 12.6 Å². The van der Waals surface area contributed by atoms with E-state index in [1.165, 1.54) is 0 Å². The van der Waals surface area contributed by atoms with Gasteiger partial charge in [-0.1, -0.05) is 55.1 Å². The maximum atomic E-state index is 12.2. The van der Waals surface area contributed by atoms with Crippen molar-refractivity contribution in [2.45, 2.75) is 12.7 Å². The number of quaternary nitrogens is 1.